The van der Waals surface area contributed by atoms with Gasteiger partial charge >= 0.3 is 0 Å². The third-order valence-electron chi connectivity index (χ3n) is 3.56. The van der Waals surface area contributed by atoms with Gasteiger partial charge in [-0.15, -0.1) is 0 Å². The van der Waals surface area contributed by atoms with Crippen molar-refractivity contribution in [3.63, 3.8) is 0 Å². The van der Waals surface area contributed by atoms with Crippen LogP contribution in [0, 0.1) is 0 Å². The van der Waals surface area contributed by atoms with Crippen molar-refractivity contribution in [2.24, 2.45) is 0 Å². The molecule has 1 aliphatic rings. The highest BCUT2D eigenvalue weighted by Gasteiger charge is 2.16. The number of amides is 1. The number of carbonyl (C=O) groups is 1. The lowest BCUT2D eigenvalue weighted by Crippen LogP contribution is -2.46. The fourth-order valence-electron chi connectivity index (χ4n) is 2.47. The molecule has 0 radical (unpaired) electrons. The fourth-order valence-corrected chi connectivity index (χ4v) is 2.47. The molecule has 0 aromatic heterocycles. The van der Waals surface area contributed by atoms with E-state index in [0.717, 1.165) is 45.0 Å². The first kappa shape index (κ1) is 15.0. The van der Waals surface area contributed by atoms with Gasteiger partial charge in [-0.3, -0.25) is 14.6 Å². The van der Waals surface area contributed by atoms with Crippen molar-refractivity contribution in [2.45, 2.75) is 13.5 Å². The van der Waals surface area contributed by atoms with Crippen molar-refractivity contribution < 1.29 is 9.90 Å². The summed E-state index contributed by atoms with van der Waals surface area (Å²) >= 11 is 0. The highest BCUT2D eigenvalue weighted by molar-refractivity contribution is 5.88. The number of aliphatic hydroxyl groups is 1. The highest BCUT2D eigenvalue weighted by atomic mass is 16.3. The van der Waals surface area contributed by atoms with Gasteiger partial charge in [0.1, 0.15) is 0 Å². The largest absolute Gasteiger partial charge is 0.395 e. The molecule has 20 heavy (non-hydrogen) atoms. The van der Waals surface area contributed by atoms with Crippen LogP contribution >= 0.6 is 0 Å². The molecule has 1 heterocycles. The van der Waals surface area contributed by atoms with E-state index < -0.39 is 0 Å². The number of carbonyl (C=O) groups excluding carboxylic acids is 1. The number of hydrogen-bond acceptors (Lipinski definition) is 4. The minimum Gasteiger partial charge on any atom is -0.395 e. The molecule has 1 aromatic carbocycles. The number of anilines is 1. The number of nitrogens with zero attached hydrogens (tertiary/aromatic N) is 2. The summed E-state index contributed by atoms with van der Waals surface area (Å²) in [5, 5.41) is 11.7. The van der Waals surface area contributed by atoms with Crippen molar-refractivity contribution in [2.75, 3.05) is 44.6 Å². The van der Waals surface area contributed by atoms with Gasteiger partial charge in [0.15, 0.2) is 0 Å². The second kappa shape index (κ2) is 7.38. The zero-order valence-electron chi connectivity index (χ0n) is 12.0. The summed E-state index contributed by atoms with van der Waals surface area (Å²) in [6, 6.07) is 8.01. The molecule has 0 spiro atoms. The lowest BCUT2D eigenvalue weighted by molar-refractivity contribution is -0.114. The zero-order chi connectivity index (χ0) is 14.4. The molecule has 110 valence electrons. The molecule has 1 fully saturated rings. The van der Waals surface area contributed by atoms with Crippen LogP contribution in [-0.2, 0) is 11.3 Å². The van der Waals surface area contributed by atoms with Crippen molar-refractivity contribution >= 4 is 11.6 Å². The normalized spacial score (nSPS) is 17.1. The first-order chi connectivity index (χ1) is 9.67. The minimum absolute atomic E-state index is 0.0437. The molecule has 0 aliphatic carbocycles. The second-order valence-electron chi connectivity index (χ2n) is 5.22. The van der Waals surface area contributed by atoms with E-state index >= 15 is 0 Å². The third kappa shape index (κ3) is 4.59. The summed E-state index contributed by atoms with van der Waals surface area (Å²) in [6.07, 6.45) is 0. The summed E-state index contributed by atoms with van der Waals surface area (Å²) in [5.74, 6) is -0.0437. The quantitative estimate of drug-likeness (QED) is 0.834. The Morgan fingerprint density at radius 1 is 1.15 bits per heavy atom. The first-order valence-corrected chi connectivity index (χ1v) is 7.09. The maximum atomic E-state index is 11.0. The molecule has 1 amide bonds. The number of hydrogen-bond donors (Lipinski definition) is 2. The Morgan fingerprint density at radius 2 is 1.75 bits per heavy atom. The molecule has 0 atom stereocenters. The molecule has 1 saturated heterocycles. The molecule has 5 heteroatoms. The van der Waals surface area contributed by atoms with Gasteiger partial charge in [-0.25, -0.2) is 0 Å². The maximum absolute atomic E-state index is 11.0. The van der Waals surface area contributed by atoms with Crippen LogP contribution in [0.2, 0.25) is 0 Å². The van der Waals surface area contributed by atoms with Crippen LogP contribution in [0.25, 0.3) is 0 Å². The van der Waals surface area contributed by atoms with Crippen molar-refractivity contribution in [3.8, 4) is 0 Å². The van der Waals surface area contributed by atoms with Gasteiger partial charge in [-0.2, -0.15) is 0 Å². The van der Waals surface area contributed by atoms with Crippen LogP contribution in [0.3, 0.4) is 0 Å². The smallest absolute Gasteiger partial charge is 0.221 e. The van der Waals surface area contributed by atoms with Crippen LogP contribution < -0.4 is 5.32 Å². The van der Waals surface area contributed by atoms with Gasteiger partial charge in [-0.05, 0) is 17.7 Å². The lowest BCUT2D eigenvalue weighted by atomic mass is 10.1. The Balaban J connectivity index is 1.80. The fraction of sp³-hybridized carbons (Fsp3) is 0.533. The van der Waals surface area contributed by atoms with Crippen LogP contribution in [0.1, 0.15) is 12.5 Å². The van der Waals surface area contributed by atoms with Crippen molar-refractivity contribution in [3.05, 3.63) is 29.8 Å². The molecule has 0 unspecified atom stereocenters. The molecule has 2 N–H and O–H groups in total. The second-order valence-corrected chi connectivity index (χ2v) is 5.22. The maximum Gasteiger partial charge on any atom is 0.221 e. The van der Waals surface area contributed by atoms with Gasteiger partial charge < -0.3 is 10.4 Å². The molecular formula is C15H23N3O2. The standard InChI is InChI=1S/C15H23N3O2/c1-13(20)16-15-4-2-14(3-5-15)12-18-8-6-17(7-9-18)10-11-19/h2-5,19H,6-12H2,1H3,(H,16,20). The summed E-state index contributed by atoms with van der Waals surface area (Å²) < 4.78 is 0. The van der Waals surface area contributed by atoms with Crippen molar-refractivity contribution in [1.82, 2.24) is 9.80 Å². The van der Waals surface area contributed by atoms with E-state index in [4.69, 9.17) is 5.11 Å². The van der Waals surface area contributed by atoms with Gasteiger partial charge in [0.2, 0.25) is 5.91 Å². The Hall–Kier alpha value is -1.43. The molecule has 1 aliphatic heterocycles. The van der Waals surface area contributed by atoms with Crippen molar-refractivity contribution in [1.29, 1.82) is 0 Å². The van der Waals surface area contributed by atoms with E-state index in [0.29, 0.717) is 0 Å². The van der Waals surface area contributed by atoms with Gasteiger partial charge in [0.25, 0.3) is 0 Å². The third-order valence-corrected chi connectivity index (χ3v) is 3.56. The van der Waals surface area contributed by atoms with E-state index in [-0.39, 0.29) is 12.5 Å². The average Bonchev–Trinajstić information content (AvgIpc) is 2.43. The molecule has 0 saturated carbocycles. The number of nitrogens with one attached hydrogen (secondary N) is 1. The summed E-state index contributed by atoms with van der Waals surface area (Å²) in [4.78, 5) is 15.7. The zero-order valence-corrected chi connectivity index (χ0v) is 12.0. The summed E-state index contributed by atoms with van der Waals surface area (Å²) in [7, 11) is 0. The van der Waals surface area contributed by atoms with E-state index in [9.17, 15) is 4.79 Å². The average molecular weight is 277 g/mol. The highest BCUT2D eigenvalue weighted by Crippen LogP contribution is 2.12. The topological polar surface area (TPSA) is 55.8 Å². The monoisotopic (exact) mass is 277 g/mol. The summed E-state index contributed by atoms with van der Waals surface area (Å²) in [6.45, 7) is 7.58. The Labute approximate surface area is 120 Å². The number of β-amino-alcohol motifs (C(OH)–C–C–N with tert-alkyl or cyclic N) is 1. The predicted octanol–water partition coefficient (Wildman–Crippen LogP) is 0.755. The molecular weight excluding hydrogens is 254 g/mol. The molecule has 5 nitrogen and oxygen atoms in total. The van der Waals surface area contributed by atoms with E-state index in [1.807, 2.05) is 12.1 Å². The predicted molar refractivity (Wildman–Crippen MR) is 79.5 cm³/mol. The molecule has 0 bridgehead atoms. The number of aliphatic hydroxyl groups excluding tert-OH is 1. The Bertz CT molecular complexity index is 425. The number of benzene rings is 1. The van der Waals surface area contributed by atoms with Crippen LogP contribution in [0.5, 0.6) is 0 Å². The van der Waals surface area contributed by atoms with Gasteiger partial charge in [0, 0.05) is 51.9 Å². The van der Waals surface area contributed by atoms with Crippen LogP contribution in [0.4, 0.5) is 5.69 Å². The number of piperazine rings is 1. The Kier molecular flexibility index (Phi) is 5.52. The van der Waals surface area contributed by atoms with Crippen LogP contribution in [-0.4, -0.2) is 60.1 Å². The van der Waals surface area contributed by atoms with E-state index in [1.54, 1.807) is 0 Å². The SMILES string of the molecule is CC(=O)Nc1ccc(CN2CCN(CCO)CC2)cc1. The van der Waals surface area contributed by atoms with E-state index in [1.165, 1.54) is 12.5 Å². The van der Waals surface area contributed by atoms with Crippen LogP contribution in [0.15, 0.2) is 24.3 Å². The lowest BCUT2D eigenvalue weighted by Gasteiger charge is -2.34. The van der Waals surface area contributed by atoms with Gasteiger partial charge in [0.05, 0.1) is 6.61 Å². The minimum atomic E-state index is -0.0437. The summed E-state index contributed by atoms with van der Waals surface area (Å²) in [5.41, 5.74) is 2.10. The molecule has 1 aromatic rings. The first-order valence-electron chi connectivity index (χ1n) is 7.09. The molecule has 2 rings (SSSR count). The van der Waals surface area contributed by atoms with Gasteiger partial charge in [-0.1, -0.05) is 12.1 Å². The van der Waals surface area contributed by atoms with E-state index in [2.05, 4.69) is 27.2 Å². The Morgan fingerprint density at radius 3 is 2.30 bits per heavy atom. The number of rotatable bonds is 5.